The molecule has 1 aromatic heterocycles. The van der Waals surface area contributed by atoms with Crippen LogP contribution in [0.15, 0.2) is 55.1 Å². The van der Waals surface area contributed by atoms with Gasteiger partial charge < -0.3 is 4.74 Å². The summed E-state index contributed by atoms with van der Waals surface area (Å²) in [6, 6.07) is 7.51. The molecule has 20 heavy (non-hydrogen) atoms. The van der Waals surface area contributed by atoms with Gasteiger partial charge in [-0.05, 0) is 36.1 Å². The van der Waals surface area contributed by atoms with Gasteiger partial charge in [0.05, 0.1) is 18.3 Å². The number of fused-ring (bicyclic) bond motifs is 1. The largest absolute Gasteiger partial charge is 0.497 e. The molecular weight excluding hydrogens is 245 g/mol. The minimum Gasteiger partial charge on any atom is -0.497 e. The first kappa shape index (κ1) is 14.1. The van der Waals surface area contributed by atoms with E-state index in [1.165, 1.54) is 0 Å². The van der Waals surface area contributed by atoms with Crippen LogP contribution in [-0.4, -0.2) is 19.9 Å². The molecule has 0 saturated heterocycles. The van der Waals surface area contributed by atoms with Crippen molar-refractivity contribution in [2.24, 2.45) is 0 Å². The summed E-state index contributed by atoms with van der Waals surface area (Å²) >= 11 is 0. The van der Waals surface area contributed by atoms with Crippen molar-refractivity contribution in [2.45, 2.75) is 6.92 Å². The number of benzene rings is 1. The van der Waals surface area contributed by atoms with Crippen LogP contribution >= 0.6 is 0 Å². The van der Waals surface area contributed by atoms with Crippen LogP contribution in [0.5, 0.6) is 5.75 Å². The van der Waals surface area contributed by atoms with Gasteiger partial charge in [-0.15, -0.1) is 0 Å². The maximum Gasteiger partial charge on any atom is 0.121 e. The number of ether oxygens (including phenoxy) is 1. The SMILES string of the molecule is [B]c1cc(C(=C)/C=C\C=C/C)nc2cc(OC)ccc12. The Hall–Kier alpha value is -2.29. The molecule has 2 radical (unpaired) electrons. The third-order valence-corrected chi connectivity index (χ3v) is 2.98. The summed E-state index contributed by atoms with van der Waals surface area (Å²) < 4.78 is 5.22. The van der Waals surface area contributed by atoms with Gasteiger partial charge in [-0.2, -0.15) is 0 Å². The minimum atomic E-state index is 0.688. The highest BCUT2D eigenvalue weighted by atomic mass is 16.5. The van der Waals surface area contributed by atoms with Crippen LogP contribution in [0.4, 0.5) is 0 Å². The van der Waals surface area contributed by atoms with Crippen LogP contribution < -0.4 is 10.2 Å². The van der Waals surface area contributed by atoms with Crippen molar-refractivity contribution in [2.75, 3.05) is 7.11 Å². The van der Waals surface area contributed by atoms with Crippen LogP contribution in [-0.2, 0) is 0 Å². The van der Waals surface area contributed by atoms with E-state index >= 15 is 0 Å². The molecular formula is C17H16BNO. The van der Waals surface area contributed by atoms with Crippen molar-refractivity contribution in [3.05, 3.63) is 60.8 Å². The summed E-state index contributed by atoms with van der Waals surface area (Å²) in [4.78, 5) is 4.59. The molecule has 0 aliphatic carbocycles. The maximum atomic E-state index is 6.08. The second kappa shape index (κ2) is 6.24. The second-order valence-corrected chi connectivity index (χ2v) is 4.39. The first-order valence-electron chi connectivity index (χ1n) is 6.38. The number of methoxy groups -OCH3 is 1. The zero-order valence-electron chi connectivity index (χ0n) is 11.8. The predicted molar refractivity (Wildman–Crippen MR) is 86.7 cm³/mol. The molecule has 0 N–H and O–H groups in total. The lowest BCUT2D eigenvalue weighted by molar-refractivity contribution is 0.415. The molecule has 2 rings (SSSR count). The second-order valence-electron chi connectivity index (χ2n) is 4.39. The third-order valence-electron chi connectivity index (χ3n) is 2.98. The average molecular weight is 261 g/mol. The molecule has 0 bridgehead atoms. The van der Waals surface area contributed by atoms with Crippen molar-refractivity contribution in [3.8, 4) is 5.75 Å². The van der Waals surface area contributed by atoms with Crippen molar-refractivity contribution in [1.82, 2.24) is 4.98 Å². The Balaban J connectivity index is 2.47. The van der Waals surface area contributed by atoms with Gasteiger partial charge in [0, 0.05) is 6.07 Å². The lowest BCUT2D eigenvalue weighted by Gasteiger charge is -2.08. The molecule has 2 aromatic rings. The smallest absolute Gasteiger partial charge is 0.121 e. The zero-order valence-corrected chi connectivity index (χ0v) is 11.8. The molecule has 2 nitrogen and oxygen atoms in total. The molecule has 3 heteroatoms. The highest BCUT2D eigenvalue weighted by Crippen LogP contribution is 2.20. The lowest BCUT2D eigenvalue weighted by atomic mass is 9.90. The Labute approximate surface area is 120 Å². The van der Waals surface area contributed by atoms with E-state index in [2.05, 4.69) is 11.6 Å². The van der Waals surface area contributed by atoms with E-state index in [1.807, 2.05) is 55.5 Å². The van der Waals surface area contributed by atoms with Crippen LogP contribution in [0.2, 0.25) is 0 Å². The number of hydrogen-bond donors (Lipinski definition) is 0. The quantitative estimate of drug-likeness (QED) is 0.623. The first-order chi connectivity index (χ1) is 9.65. The van der Waals surface area contributed by atoms with Crippen LogP contribution in [0.25, 0.3) is 16.5 Å². The fourth-order valence-corrected chi connectivity index (χ4v) is 1.89. The van der Waals surface area contributed by atoms with Crippen molar-refractivity contribution in [3.63, 3.8) is 0 Å². The summed E-state index contributed by atoms with van der Waals surface area (Å²) in [5.41, 5.74) is 3.08. The fraction of sp³-hybridized carbons (Fsp3) is 0.118. The number of hydrogen-bond acceptors (Lipinski definition) is 2. The van der Waals surface area contributed by atoms with E-state index in [0.717, 1.165) is 27.9 Å². The van der Waals surface area contributed by atoms with Gasteiger partial charge in [0.25, 0.3) is 0 Å². The predicted octanol–water partition coefficient (Wildman–Crippen LogP) is 3.18. The van der Waals surface area contributed by atoms with E-state index in [0.29, 0.717) is 5.46 Å². The van der Waals surface area contributed by atoms with Crippen LogP contribution in [0.3, 0.4) is 0 Å². The Bertz CT molecular complexity index is 701. The first-order valence-corrected chi connectivity index (χ1v) is 6.38. The molecule has 0 atom stereocenters. The van der Waals surface area contributed by atoms with Gasteiger partial charge in [0.1, 0.15) is 13.6 Å². The highest BCUT2D eigenvalue weighted by Gasteiger charge is 2.05. The number of aromatic nitrogens is 1. The zero-order chi connectivity index (χ0) is 14.5. The molecule has 0 amide bonds. The fourth-order valence-electron chi connectivity index (χ4n) is 1.89. The van der Waals surface area contributed by atoms with Gasteiger partial charge in [0.2, 0.25) is 0 Å². The van der Waals surface area contributed by atoms with E-state index in [-0.39, 0.29) is 0 Å². The van der Waals surface area contributed by atoms with E-state index in [1.54, 1.807) is 7.11 Å². The molecule has 0 aliphatic rings. The Morgan fingerprint density at radius 3 is 2.80 bits per heavy atom. The van der Waals surface area contributed by atoms with E-state index in [9.17, 15) is 0 Å². The Kier molecular flexibility index (Phi) is 4.41. The Morgan fingerprint density at radius 2 is 2.10 bits per heavy atom. The van der Waals surface area contributed by atoms with E-state index in [4.69, 9.17) is 12.6 Å². The summed E-state index contributed by atoms with van der Waals surface area (Å²) in [6.45, 7) is 5.98. The van der Waals surface area contributed by atoms with Gasteiger partial charge in [-0.25, -0.2) is 4.98 Å². The van der Waals surface area contributed by atoms with Gasteiger partial charge in [-0.1, -0.05) is 36.3 Å². The summed E-state index contributed by atoms with van der Waals surface area (Å²) in [6.07, 6.45) is 7.74. The van der Waals surface area contributed by atoms with Crippen LogP contribution in [0.1, 0.15) is 12.6 Å². The summed E-state index contributed by atoms with van der Waals surface area (Å²) in [7, 11) is 7.71. The van der Waals surface area contributed by atoms with Crippen molar-refractivity contribution >= 4 is 29.8 Å². The molecule has 0 saturated carbocycles. The normalized spacial score (nSPS) is 11.5. The lowest BCUT2D eigenvalue weighted by Crippen LogP contribution is -2.07. The molecule has 0 unspecified atom stereocenters. The van der Waals surface area contributed by atoms with Crippen LogP contribution in [0, 0.1) is 0 Å². The molecule has 0 aliphatic heterocycles. The third kappa shape index (κ3) is 2.99. The molecule has 0 fully saturated rings. The summed E-state index contributed by atoms with van der Waals surface area (Å²) in [5, 5.41) is 0.916. The average Bonchev–Trinajstić information content (AvgIpc) is 2.46. The van der Waals surface area contributed by atoms with E-state index < -0.39 is 0 Å². The summed E-state index contributed by atoms with van der Waals surface area (Å²) in [5.74, 6) is 0.761. The van der Waals surface area contributed by atoms with Gasteiger partial charge in [-0.3, -0.25) is 0 Å². The number of allylic oxidation sites excluding steroid dienone is 5. The maximum absolute atomic E-state index is 6.08. The monoisotopic (exact) mass is 261 g/mol. The highest BCUT2D eigenvalue weighted by molar-refractivity contribution is 6.38. The number of nitrogens with zero attached hydrogens (tertiary/aromatic N) is 1. The molecule has 1 aromatic carbocycles. The van der Waals surface area contributed by atoms with Crippen molar-refractivity contribution < 1.29 is 4.74 Å². The molecule has 98 valence electrons. The number of rotatable bonds is 4. The number of pyridine rings is 1. The van der Waals surface area contributed by atoms with Gasteiger partial charge in [0.15, 0.2) is 0 Å². The van der Waals surface area contributed by atoms with Crippen molar-refractivity contribution in [1.29, 1.82) is 0 Å². The standard InChI is InChI=1S/C17H16BNO/c1-4-5-6-7-12(2)16-11-15(18)14-9-8-13(20-3)10-17(14)19-16/h4-11H,2H2,1,3H3/b5-4-,7-6-. The topological polar surface area (TPSA) is 22.1 Å². The minimum absolute atomic E-state index is 0.688. The molecule has 0 spiro atoms. The van der Waals surface area contributed by atoms with Gasteiger partial charge >= 0.3 is 0 Å². The molecule has 1 heterocycles. The Morgan fingerprint density at radius 1 is 1.30 bits per heavy atom.